The first-order valence-electron chi connectivity index (χ1n) is 6.07. The maximum atomic E-state index is 5.34. The van der Waals surface area contributed by atoms with Crippen LogP contribution >= 0.6 is 15.9 Å². The lowest BCUT2D eigenvalue weighted by atomic mass is 10.1. The Morgan fingerprint density at radius 2 is 2.33 bits per heavy atom. The largest absolute Gasteiger partial charge is 0.334 e. The molecule has 1 saturated heterocycles. The number of nitrogens with zero attached hydrogens (tertiary/aromatic N) is 2. The summed E-state index contributed by atoms with van der Waals surface area (Å²) in [6, 6.07) is 6.29. The second-order valence-corrected chi connectivity index (χ2v) is 5.42. The van der Waals surface area contributed by atoms with E-state index in [2.05, 4.69) is 38.3 Å². The van der Waals surface area contributed by atoms with Crippen molar-refractivity contribution in [3.05, 3.63) is 34.1 Å². The number of rotatable bonds is 2. The summed E-state index contributed by atoms with van der Waals surface area (Å²) in [6.07, 6.45) is 2.25. The van der Waals surface area contributed by atoms with Gasteiger partial charge in [-0.3, -0.25) is 0 Å². The van der Waals surface area contributed by atoms with Gasteiger partial charge in [0.15, 0.2) is 5.82 Å². The number of hydrogen-bond donors (Lipinski definition) is 1. The second kappa shape index (κ2) is 4.82. The Labute approximate surface area is 114 Å². The minimum Gasteiger partial charge on any atom is -0.334 e. The van der Waals surface area contributed by atoms with Gasteiger partial charge in [0.25, 0.3) is 5.89 Å². The van der Waals surface area contributed by atoms with Gasteiger partial charge >= 0.3 is 0 Å². The van der Waals surface area contributed by atoms with Crippen molar-refractivity contribution in [3.8, 4) is 11.5 Å². The Balaban J connectivity index is 1.89. The van der Waals surface area contributed by atoms with E-state index in [1.807, 2.05) is 18.2 Å². The summed E-state index contributed by atoms with van der Waals surface area (Å²) in [4.78, 5) is 4.47. The molecular formula is C13H14BrN3O. The van der Waals surface area contributed by atoms with Crippen molar-refractivity contribution in [1.82, 2.24) is 15.5 Å². The van der Waals surface area contributed by atoms with Gasteiger partial charge in [-0.2, -0.15) is 4.98 Å². The molecule has 1 atom stereocenters. The van der Waals surface area contributed by atoms with E-state index in [0.29, 0.717) is 5.89 Å². The first kappa shape index (κ1) is 11.9. The van der Waals surface area contributed by atoms with Gasteiger partial charge in [-0.05, 0) is 44.0 Å². The summed E-state index contributed by atoms with van der Waals surface area (Å²) in [5, 5.41) is 7.43. The lowest BCUT2D eigenvalue weighted by Crippen LogP contribution is -2.14. The third-order valence-electron chi connectivity index (χ3n) is 3.23. The van der Waals surface area contributed by atoms with Crippen molar-refractivity contribution in [2.45, 2.75) is 25.8 Å². The van der Waals surface area contributed by atoms with Gasteiger partial charge in [-0.25, -0.2) is 0 Å². The molecule has 1 aromatic carbocycles. The Bertz CT molecular complexity index is 561. The van der Waals surface area contributed by atoms with Crippen LogP contribution in [0.2, 0.25) is 0 Å². The predicted molar refractivity (Wildman–Crippen MR) is 72.1 cm³/mol. The van der Waals surface area contributed by atoms with Crippen molar-refractivity contribution >= 4 is 15.9 Å². The Morgan fingerprint density at radius 3 is 3.06 bits per heavy atom. The van der Waals surface area contributed by atoms with Crippen LogP contribution in [0.25, 0.3) is 11.5 Å². The molecule has 1 aliphatic rings. The average molecular weight is 308 g/mol. The van der Waals surface area contributed by atoms with Crippen molar-refractivity contribution in [3.63, 3.8) is 0 Å². The molecule has 94 valence electrons. The van der Waals surface area contributed by atoms with Crippen molar-refractivity contribution in [2.75, 3.05) is 6.54 Å². The van der Waals surface area contributed by atoms with Crippen LogP contribution in [-0.2, 0) is 0 Å². The molecule has 1 N–H and O–H groups in total. The molecule has 0 aliphatic carbocycles. The van der Waals surface area contributed by atoms with E-state index in [1.165, 1.54) is 12.0 Å². The van der Waals surface area contributed by atoms with Gasteiger partial charge in [0.1, 0.15) is 0 Å². The van der Waals surface area contributed by atoms with Crippen molar-refractivity contribution in [1.29, 1.82) is 0 Å². The normalized spacial score (nSPS) is 19.3. The van der Waals surface area contributed by atoms with Gasteiger partial charge in [0, 0.05) is 10.0 Å². The molecule has 0 radical (unpaired) electrons. The van der Waals surface area contributed by atoms with Gasteiger partial charge in [-0.1, -0.05) is 27.2 Å². The number of aryl methyl sites for hydroxylation is 1. The van der Waals surface area contributed by atoms with E-state index >= 15 is 0 Å². The summed E-state index contributed by atoms with van der Waals surface area (Å²) < 4.78 is 6.39. The first-order chi connectivity index (χ1) is 8.74. The third kappa shape index (κ3) is 2.20. The monoisotopic (exact) mass is 307 g/mol. The minimum atomic E-state index is 0.247. The number of benzene rings is 1. The molecule has 1 unspecified atom stereocenters. The topological polar surface area (TPSA) is 51.0 Å². The highest BCUT2D eigenvalue weighted by Crippen LogP contribution is 2.27. The molecule has 2 aromatic rings. The lowest BCUT2D eigenvalue weighted by Gasteiger charge is -2.02. The van der Waals surface area contributed by atoms with Crippen LogP contribution in [-0.4, -0.2) is 16.7 Å². The maximum absolute atomic E-state index is 5.34. The number of hydrogen-bond acceptors (Lipinski definition) is 4. The van der Waals surface area contributed by atoms with Gasteiger partial charge in [0.05, 0.1) is 6.04 Å². The second-order valence-electron chi connectivity index (χ2n) is 4.57. The van der Waals surface area contributed by atoms with E-state index in [1.54, 1.807) is 0 Å². The molecule has 1 aliphatic heterocycles. The van der Waals surface area contributed by atoms with Crippen LogP contribution in [0.15, 0.2) is 27.2 Å². The molecule has 3 rings (SSSR count). The third-order valence-corrected chi connectivity index (χ3v) is 4.09. The molecule has 1 fully saturated rings. The Hall–Kier alpha value is -1.20. The fraction of sp³-hybridized carbons (Fsp3) is 0.385. The summed E-state index contributed by atoms with van der Waals surface area (Å²) in [7, 11) is 0. The number of nitrogens with one attached hydrogen (secondary N) is 1. The van der Waals surface area contributed by atoms with Crippen molar-refractivity contribution < 1.29 is 4.52 Å². The average Bonchev–Trinajstić information content (AvgIpc) is 3.01. The molecule has 1 aromatic heterocycles. The highest BCUT2D eigenvalue weighted by atomic mass is 79.9. The van der Waals surface area contributed by atoms with E-state index in [4.69, 9.17) is 4.52 Å². The minimum absolute atomic E-state index is 0.247. The van der Waals surface area contributed by atoms with Crippen LogP contribution < -0.4 is 5.32 Å². The number of halogens is 1. The lowest BCUT2D eigenvalue weighted by molar-refractivity contribution is 0.412. The van der Waals surface area contributed by atoms with E-state index in [-0.39, 0.29) is 6.04 Å². The quantitative estimate of drug-likeness (QED) is 0.925. The standard InChI is InChI=1S/C13H14BrN3O/c1-8-4-5-9(7-10(8)14)13-16-12(17-18-13)11-3-2-6-15-11/h4-5,7,11,15H,2-3,6H2,1H3. The molecule has 0 amide bonds. The molecule has 18 heavy (non-hydrogen) atoms. The zero-order chi connectivity index (χ0) is 12.5. The van der Waals surface area contributed by atoms with Crippen LogP contribution in [0.1, 0.15) is 30.3 Å². The summed E-state index contributed by atoms with van der Waals surface area (Å²) in [6.45, 7) is 3.08. The van der Waals surface area contributed by atoms with Crippen LogP contribution in [0.4, 0.5) is 0 Å². The Morgan fingerprint density at radius 1 is 1.44 bits per heavy atom. The summed E-state index contributed by atoms with van der Waals surface area (Å²) in [5.41, 5.74) is 2.14. The fourth-order valence-corrected chi connectivity index (χ4v) is 2.50. The van der Waals surface area contributed by atoms with Gasteiger partial charge < -0.3 is 9.84 Å². The van der Waals surface area contributed by atoms with Crippen LogP contribution in [0.3, 0.4) is 0 Å². The van der Waals surface area contributed by atoms with Crippen LogP contribution in [0, 0.1) is 6.92 Å². The highest BCUT2D eigenvalue weighted by molar-refractivity contribution is 9.10. The van der Waals surface area contributed by atoms with E-state index in [0.717, 1.165) is 28.8 Å². The molecule has 0 spiro atoms. The highest BCUT2D eigenvalue weighted by Gasteiger charge is 2.22. The van der Waals surface area contributed by atoms with Gasteiger partial charge in [-0.15, -0.1) is 0 Å². The SMILES string of the molecule is Cc1ccc(-c2nc(C3CCCN3)no2)cc1Br. The smallest absolute Gasteiger partial charge is 0.258 e. The fourth-order valence-electron chi connectivity index (χ4n) is 2.12. The number of aromatic nitrogens is 2. The van der Waals surface area contributed by atoms with Crippen molar-refractivity contribution in [2.24, 2.45) is 0 Å². The Kier molecular flexibility index (Phi) is 3.18. The molecule has 0 bridgehead atoms. The first-order valence-corrected chi connectivity index (χ1v) is 6.87. The maximum Gasteiger partial charge on any atom is 0.258 e. The van der Waals surface area contributed by atoms with Crippen LogP contribution in [0.5, 0.6) is 0 Å². The molecule has 0 saturated carbocycles. The van der Waals surface area contributed by atoms with Gasteiger partial charge in [0.2, 0.25) is 0 Å². The van der Waals surface area contributed by atoms with E-state index in [9.17, 15) is 0 Å². The summed E-state index contributed by atoms with van der Waals surface area (Å²) >= 11 is 3.51. The predicted octanol–water partition coefficient (Wildman–Crippen LogP) is 3.23. The molecule has 4 nitrogen and oxygen atoms in total. The molecule has 5 heteroatoms. The molecule has 2 heterocycles. The molecular weight excluding hydrogens is 294 g/mol. The zero-order valence-electron chi connectivity index (χ0n) is 10.1. The summed E-state index contributed by atoms with van der Waals surface area (Å²) in [5.74, 6) is 1.35. The zero-order valence-corrected chi connectivity index (χ0v) is 11.7. The van der Waals surface area contributed by atoms with E-state index < -0.39 is 0 Å².